The van der Waals surface area contributed by atoms with Crippen LogP contribution in [0.2, 0.25) is 0 Å². The molecular formula is C15H20FN5O4. The number of hydrogen-bond donors (Lipinski definition) is 3. The Labute approximate surface area is 142 Å². The maximum atomic E-state index is 12.9. The molecule has 0 radical (unpaired) electrons. The van der Waals surface area contributed by atoms with E-state index in [1.165, 1.54) is 10.9 Å². The lowest BCUT2D eigenvalue weighted by Gasteiger charge is -2.17. The number of rotatable bonds is 4. The second-order valence-electron chi connectivity index (χ2n) is 6.44. The highest BCUT2D eigenvalue weighted by Gasteiger charge is 2.44. The Balaban J connectivity index is 1.68. The van der Waals surface area contributed by atoms with E-state index in [0.29, 0.717) is 11.2 Å². The monoisotopic (exact) mass is 353 g/mol. The molecule has 2 aliphatic rings. The summed E-state index contributed by atoms with van der Waals surface area (Å²) in [6.45, 7) is -0.908. The van der Waals surface area contributed by atoms with Gasteiger partial charge in [0.15, 0.2) is 23.2 Å². The van der Waals surface area contributed by atoms with Crippen LogP contribution in [0.4, 0.5) is 10.2 Å². The molecule has 0 aromatic carbocycles. The van der Waals surface area contributed by atoms with Gasteiger partial charge in [0.1, 0.15) is 31.1 Å². The molecule has 3 heterocycles. The molecule has 2 aromatic rings. The highest BCUT2D eigenvalue weighted by atomic mass is 19.1. The van der Waals surface area contributed by atoms with Gasteiger partial charge in [-0.15, -0.1) is 0 Å². The van der Waals surface area contributed by atoms with E-state index in [2.05, 4.69) is 15.0 Å². The summed E-state index contributed by atoms with van der Waals surface area (Å²) in [5.74, 6) is 0.145. The first-order valence-electron chi connectivity index (χ1n) is 8.32. The van der Waals surface area contributed by atoms with Crippen LogP contribution in [-0.4, -0.2) is 60.8 Å². The Morgan fingerprint density at radius 2 is 2.04 bits per heavy atom. The molecule has 4 rings (SSSR count). The second kappa shape index (κ2) is 6.36. The summed E-state index contributed by atoms with van der Waals surface area (Å²) in [6, 6.07) is 0.133. The van der Waals surface area contributed by atoms with Crippen molar-refractivity contribution < 1.29 is 24.1 Å². The summed E-state index contributed by atoms with van der Waals surface area (Å²) in [5.41, 5.74) is 6.57. The van der Waals surface area contributed by atoms with Crippen molar-refractivity contribution in [2.24, 2.45) is 0 Å². The lowest BCUT2D eigenvalue weighted by atomic mass is 10.1. The molecule has 4 N–H and O–H groups in total. The number of imidazole rings is 1. The van der Waals surface area contributed by atoms with Gasteiger partial charge in [0.05, 0.1) is 6.33 Å². The normalized spacial score (nSPS) is 30.4. The van der Waals surface area contributed by atoms with Crippen LogP contribution in [0.1, 0.15) is 31.9 Å². The van der Waals surface area contributed by atoms with Crippen molar-refractivity contribution in [3.63, 3.8) is 0 Å². The zero-order chi connectivity index (χ0) is 17.6. The number of ether oxygens (including phenoxy) is 2. The van der Waals surface area contributed by atoms with Crippen LogP contribution in [0.5, 0.6) is 6.01 Å². The van der Waals surface area contributed by atoms with Crippen LogP contribution in [0.25, 0.3) is 11.2 Å². The second-order valence-corrected chi connectivity index (χ2v) is 6.44. The van der Waals surface area contributed by atoms with Gasteiger partial charge in [0.2, 0.25) is 0 Å². The number of nitrogen functional groups attached to an aromatic ring is 1. The van der Waals surface area contributed by atoms with E-state index in [1.54, 1.807) is 0 Å². The number of anilines is 1. The first-order chi connectivity index (χ1) is 12.1. The van der Waals surface area contributed by atoms with Crippen LogP contribution in [-0.2, 0) is 4.74 Å². The summed E-state index contributed by atoms with van der Waals surface area (Å²) in [5, 5.41) is 20.0. The number of aromatic nitrogens is 4. The zero-order valence-electron chi connectivity index (χ0n) is 13.5. The van der Waals surface area contributed by atoms with Gasteiger partial charge in [-0.05, 0) is 25.7 Å². The number of aliphatic hydroxyl groups excluding tert-OH is 2. The fourth-order valence-electron chi connectivity index (χ4n) is 3.40. The van der Waals surface area contributed by atoms with Crippen molar-refractivity contribution in [1.82, 2.24) is 19.5 Å². The highest BCUT2D eigenvalue weighted by Crippen LogP contribution is 2.33. The molecule has 9 nitrogen and oxygen atoms in total. The number of fused-ring (bicyclic) bond motifs is 1. The molecule has 1 saturated heterocycles. The molecule has 0 spiro atoms. The first kappa shape index (κ1) is 16.4. The van der Waals surface area contributed by atoms with Gasteiger partial charge in [0.25, 0.3) is 0 Å². The molecule has 1 aliphatic carbocycles. The number of alkyl halides is 1. The number of nitrogens with two attached hydrogens (primary N) is 1. The third-order valence-electron chi connectivity index (χ3n) is 4.77. The smallest absolute Gasteiger partial charge is 0.320 e. The Kier molecular flexibility index (Phi) is 4.18. The molecule has 25 heavy (non-hydrogen) atoms. The number of hydrogen-bond acceptors (Lipinski definition) is 8. The minimum absolute atomic E-state index is 0.0549. The molecule has 136 valence electrons. The Bertz CT molecular complexity index is 766. The summed E-state index contributed by atoms with van der Waals surface area (Å²) in [6.07, 6.45) is 0.741. The van der Waals surface area contributed by atoms with Gasteiger partial charge >= 0.3 is 6.01 Å². The van der Waals surface area contributed by atoms with Crippen LogP contribution < -0.4 is 10.5 Å². The van der Waals surface area contributed by atoms with Crippen molar-refractivity contribution in [3.05, 3.63) is 6.33 Å². The van der Waals surface area contributed by atoms with Crippen LogP contribution in [0, 0.1) is 0 Å². The molecule has 10 heteroatoms. The van der Waals surface area contributed by atoms with Crippen molar-refractivity contribution in [1.29, 1.82) is 0 Å². The van der Waals surface area contributed by atoms with Gasteiger partial charge in [-0.3, -0.25) is 4.57 Å². The fraction of sp³-hybridized carbons (Fsp3) is 0.667. The van der Waals surface area contributed by atoms with Gasteiger partial charge in [-0.1, -0.05) is 0 Å². The molecule has 0 bridgehead atoms. The molecule has 0 amide bonds. The minimum atomic E-state index is -1.33. The van der Waals surface area contributed by atoms with Crippen LogP contribution >= 0.6 is 0 Å². The molecule has 4 atom stereocenters. The molecule has 2 fully saturated rings. The topological polar surface area (TPSA) is 129 Å². The average Bonchev–Trinajstić information content (AvgIpc) is 3.30. The number of halogens is 1. The van der Waals surface area contributed by atoms with Gasteiger partial charge in [-0.2, -0.15) is 9.97 Å². The fourth-order valence-corrected chi connectivity index (χ4v) is 3.40. The molecule has 1 aliphatic heterocycles. The van der Waals surface area contributed by atoms with Crippen LogP contribution in [0.15, 0.2) is 6.33 Å². The van der Waals surface area contributed by atoms with E-state index in [9.17, 15) is 14.6 Å². The van der Waals surface area contributed by atoms with Gasteiger partial charge < -0.3 is 25.4 Å². The summed E-state index contributed by atoms with van der Waals surface area (Å²) >= 11 is 0. The van der Waals surface area contributed by atoms with Crippen LogP contribution in [0.3, 0.4) is 0 Å². The number of aliphatic hydroxyl groups is 2. The molecule has 2 unspecified atom stereocenters. The van der Waals surface area contributed by atoms with Crippen molar-refractivity contribution in [2.75, 3.05) is 12.4 Å². The largest absolute Gasteiger partial charge is 0.460 e. The third kappa shape index (κ3) is 2.79. The quantitative estimate of drug-likeness (QED) is 0.717. The molecular weight excluding hydrogens is 333 g/mol. The van der Waals surface area contributed by atoms with E-state index in [4.69, 9.17) is 15.2 Å². The number of nitrogens with zero attached hydrogens (tertiary/aromatic N) is 4. The molecule has 2 aromatic heterocycles. The highest BCUT2D eigenvalue weighted by molar-refractivity contribution is 5.82. The van der Waals surface area contributed by atoms with E-state index in [-0.39, 0.29) is 17.9 Å². The van der Waals surface area contributed by atoms with Gasteiger partial charge in [0, 0.05) is 0 Å². The van der Waals surface area contributed by atoms with Crippen molar-refractivity contribution in [3.8, 4) is 6.01 Å². The Morgan fingerprint density at radius 3 is 2.72 bits per heavy atom. The summed E-state index contributed by atoms with van der Waals surface area (Å²) in [7, 11) is 0. The average molecular weight is 353 g/mol. The predicted molar refractivity (Wildman–Crippen MR) is 84.5 cm³/mol. The zero-order valence-corrected chi connectivity index (χ0v) is 13.5. The summed E-state index contributed by atoms with van der Waals surface area (Å²) < 4.78 is 25.5. The van der Waals surface area contributed by atoms with E-state index in [1.807, 2.05) is 0 Å². The van der Waals surface area contributed by atoms with E-state index in [0.717, 1.165) is 25.7 Å². The Hall–Kier alpha value is -2.04. The van der Waals surface area contributed by atoms with Crippen molar-refractivity contribution in [2.45, 2.75) is 56.3 Å². The van der Waals surface area contributed by atoms with Crippen molar-refractivity contribution >= 4 is 17.0 Å². The van der Waals surface area contributed by atoms with E-state index < -0.39 is 31.2 Å². The lowest BCUT2D eigenvalue weighted by molar-refractivity contribution is -0.0409. The molecule has 1 saturated carbocycles. The minimum Gasteiger partial charge on any atom is -0.460 e. The SMILES string of the molecule is Nc1nc(OC2CCCC2)nc2c1ncn2C1OC(CF)[C@@H](O)[C@H]1O. The lowest BCUT2D eigenvalue weighted by Crippen LogP contribution is -2.32. The predicted octanol–water partition coefficient (Wildman–Crippen LogP) is 0.319. The Morgan fingerprint density at radius 1 is 1.28 bits per heavy atom. The maximum absolute atomic E-state index is 12.9. The third-order valence-corrected chi connectivity index (χ3v) is 4.77. The maximum Gasteiger partial charge on any atom is 0.320 e. The summed E-state index contributed by atoms with van der Waals surface area (Å²) in [4.78, 5) is 12.6. The van der Waals surface area contributed by atoms with E-state index >= 15 is 0 Å². The van der Waals surface area contributed by atoms with Gasteiger partial charge in [-0.25, -0.2) is 9.37 Å². The standard InChI is InChI=1S/C15H20FN5O4/c16-5-8-10(22)11(23)14(25-8)21-6-18-9-12(17)19-15(20-13(9)21)24-7-3-1-2-4-7/h6-8,10-11,14,22-23H,1-5H2,(H2,17,19,20)/t8?,10-,11-,14?/m1/s1. The first-order valence-corrected chi connectivity index (χ1v) is 8.32.